The van der Waals surface area contributed by atoms with Gasteiger partial charge in [-0.3, -0.25) is 9.48 Å². The third-order valence-corrected chi connectivity index (χ3v) is 3.43. The van der Waals surface area contributed by atoms with Crippen LogP contribution in [0.15, 0.2) is 10.7 Å². The quantitative estimate of drug-likeness (QED) is 0.759. The standard InChI is InChI=1S/C14H23BrN2O/c1-6-17-13(11(15)9-16-17)12(18)7-10(2)8-14(3,4)5/h9-10H,6-8H2,1-5H3. The number of Topliss-reactive ketones (excluding diaryl/α,β-unsaturated/α-hetero) is 1. The van der Waals surface area contributed by atoms with Crippen molar-refractivity contribution in [3.05, 3.63) is 16.4 Å². The average molecular weight is 315 g/mol. The molecule has 102 valence electrons. The van der Waals surface area contributed by atoms with Crippen molar-refractivity contribution in [2.24, 2.45) is 11.3 Å². The molecule has 0 radical (unpaired) electrons. The Hall–Kier alpha value is -0.640. The SMILES string of the molecule is CCn1ncc(Br)c1C(=O)CC(C)CC(C)(C)C. The highest BCUT2D eigenvalue weighted by atomic mass is 79.9. The molecule has 4 heteroatoms. The van der Waals surface area contributed by atoms with Gasteiger partial charge in [0.1, 0.15) is 5.69 Å². The molecule has 18 heavy (non-hydrogen) atoms. The zero-order valence-electron chi connectivity index (χ0n) is 12.0. The number of carbonyl (C=O) groups excluding carboxylic acids is 1. The fraction of sp³-hybridized carbons (Fsp3) is 0.714. The summed E-state index contributed by atoms with van der Waals surface area (Å²) in [6, 6.07) is 0. The molecule has 3 nitrogen and oxygen atoms in total. The van der Waals surface area contributed by atoms with Crippen LogP contribution in [0.2, 0.25) is 0 Å². The second-order valence-corrected chi connectivity index (χ2v) is 7.01. The molecule has 0 aliphatic carbocycles. The van der Waals surface area contributed by atoms with E-state index in [4.69, 9.17) is 0 Å². The predicted molar refractivity (Wildman–Crippen MR) is 77.8 cm³/mol. The Morgan fingerprint density at radius 3 is 2.61 bits per heavy atom. The molecule has 0 saturated heterocycles. The monoisotopic (exact) mass is 314 g/mol. The van der Waals surface area contributed by atoms with E-state index in [0.717, 1.165) is 17.4 Å². The van der Waals surface area contributed by atoms with Gasteiger partial charge in [-0.25, -0.2) is 0 Å². The van der Waals surface area contributed by atoms with Gasteiger partial charge in [0.25, 0.3) is 0 Å². The zero-order chi connectivity index (χ0) is 13.9. The second kappa shape index (κ2) is 6.00. The van der Waals surface area contributed by atoms with Crippen LogP contribution in [0.1, 0.15) is 57.9 Å². The molecular formula is C14H23BrN2O. The first-order chi connectivity index (χ1) is 8.24. The summed E-state index contributed by atoms with van der Waals surface area (Å²) >= 11 is 3.41. The van der Waals surface area contributed by atoms with Crippen molar-refractivity contribution in [1.29, 1.82) is 0 Å². The first-order valence-electron chi connectivity index (χ1n) is 6.49. The van der Waals surface area contributed by atoms with E-state index in [1.807, 2.05) is 6.92 Å². The van der Waals surface area contributed by atoms with Crippen LogP contribution < -0.4 is 0 Å². The maximum absolute atomic E-state index is 12.3. The van der Waals surface area contributed by atoms with Crippen molar-refractivity contribution in [1.82, 2.24) is 9.78 Å². The number of rotatable bonds is 5. The van der Waals surface area contributed by atoms with Crippen molar-refractivity contribution < 1.29 is 4.79 Å². The maximum Gasteiger partial charge on any atom is 0.182 e. The molecule has 0 aromatic carbocycles. The van der Waals surface area contributed by atoms with Gasteiger partial charge < -0.3 is 0 Å². The van der Waals surface area contributed by atoms with E-state index < -0.39 is 0 Å². The summed E-state index contributed by atoms with van der Waals surface area (Å²) in [4.78, 5) is 12.3. The first-order valence-corrected chi connectivity index (χ1v) is 7.28. The number of aromatic nitrogens is 2. The van der Waals surface area contributed by atoms with Gasteiger partial charge in [-0.1, -0.05) is 27.7 Å². The number of aryl methyl sites for hydroxylation is 1. The lowest BCUT2D eigenvalue weighted by molar-refractivity contribution is 0.0943. The van der Waals surface area contributed by atoms with Crippen molar-refractivity contribution >= 4 is 21.7 Å². The molecule has 0 amide bonds. The first kappa shape index (κ1) is 15.4. The largest absolute Gasteiger partial charge is 0.292 e. The smallest absolute Gasteiger partial charge is 0.182 e. The van der Waals surface area contributed by atoms with Crippen LogP contribution in [-0.4, -0.2) is 15.6 Å². The maximum atomic E-state index is 12.3. The van der Waals surface area contributed by atoms with Gasteiger partial charge in [0.15, 0.2) is 5.78 Å². The summed E-state index contributed by atoms with van der Waals surface area (Å²) in [6.07, 6.45) is 3.34. The highest BCUT2D eigenvalue weighted by molar-refractivity contribution is 9.10. The Kier molecular flexibility index (Phi) is 5.14. The van der Waals surface area contributed by atoms with Gasteiger partial charge in [0, 0.05) is 13.0 Å². The number of ketones is 1. The molecule has 1 atom stereocenters. The van der Waals surface area contributed by atoms with Gasteiger partial charge in [-0.05, 0) is 40.6 Å². The Morgan fingerprint density at radius 2 is 2.11 bits per heavy atom. The molecular weight excluding hydrogens is 292 g/mol. The summed E-state index contributed by atoms with van der Waals surface area (Å²) in [5.74, 6) is 0.572. The van der Waals surface area contributed by atoms with Crippen LogP contribution in [0, 0.1) is 11.3 Å². The molecule has 0 aliphatic heterocycles. The van der Waals surface area contributed by atoms with Crippen LogP contribution in [0.25, 0.3) is 0 Å². The fourth-order valence-corrected chi connectivity index (χ4v) is 2.93. The molecule has 0 spiro atoms. The molecule has 1 rings (SSSR count). The third-order valence-electron chi connectivity index (χ3n) is 2.85. The van der Waals surface area contributed by atoms with E-state index in [1.165, 1.54) is 0 Å². The molecule has 0 bridgehead atoms. The third kappa shape index (κ3) is 4.23. The molecule has 0 aliphatic rings. The summed E-state index contributed by atoms with van der Waals surface area (Å²) in [7, 11) is 0. The van der Waals surface area contributed by atoms with Crippen molar-refractivity contribution in [2.45, 2.75) is 54.0 Å². The van der Waals surface area contributed by atoms with Crippen molar-refractivity contribution in [3.8, 4) is 0 Å². The fourth-order valence-electron chi connectivity index (χ4n) is 2.41. The van der Waals surface area contributed by atoms with Gasteiger partial charge in [0.05, 0.1) is 10.7 Å². The molecule has 1 unspecified atom stereocenters. The average Bonchev–Trinajstić information content (AvgIpc) is 2.56. The lowest BCUT2D eigenvalue weighted by Crippen LogP contribution is -2.17. The lowest BCUT2D eigenvalue weighted by Gasteiger charge is -2.22. The van der Waals surface area contributed by atoms with Crippen LogP contribution in [0.5, 0.6) is 0 Å². The van der Waals surface area contributed by atoms with E-state index in [-0.39, 0.29) is 11.2 Å². The minimum atomic E-state index is 0.179. The second-order valence-electron chi connectivity index (χ2n) is 6.15. The Labute approximate surface area is 118 Å². The minimum Gasteiger partial charge on any atom is -0.292 e. The number of hydrogen-bond acceptors (Lipinski definition) is 2. The number of halogens is 1. The van der Waals surface area contributed by atoms with E-state index in [0.29, 0.717) is 18.0 Å². The van der Waals surface area contributed by atoms with E-state index >= 15 is 0 Å². The molecule has 0 fully saturated rings. The highest BCUT2D eigenvalue weighted by Crippen LogP contribution is 2.28. The normalized spacial score (nSPS) is 13.7. The summed E-state index contributed by atoms with van der Waals surface area (Å²) in [6.45, 7) is 11.5. The Balaban J connectivity index is 2.73. The van der Waals surface area contributed by atoms with Gasteiger partial charge in [0.2, 0.25) is 0 Å². The van der Waals surface area contributed by atoms with Crippen LogP contribution in [-0.2, 0) is 6.54 Å². The summed E-state index contributed by atoms with van der Waals surface area (Å²) in [5, 5.41) is 4.19. The number of nitrogens with zero attached hydrogens (tertiary/aromatic N) is 2. The van der Waals surface area contributed by atoms with Crippen molar-refractivity contribution in [3.63, 3.8) is 0 Å². The predicted octanol–water partition coefficient (Wildman–Crippen LogP) is 4.31. The molecule has 1 heterocycles. The van der Waals surface area contributed by atoms with Gasteiger partial charge in [-0.2, -0.15) is 5.10 Å². The topological polar surface area (TPSA) is 34.9 Å². The zero-order valence-corrected chi connectivity index (χ0v) is 13.5. The lowest BCUT2D eigenvalue weighted by atomic mass is 9.83. The van der Waals surface area contributed by atoms with Crippen LogP contribution >= 0.6 is 15.9 Å². The van der Waals surface area contributed by atoms with E-state index in [9.17, 15) is 4.79 Å². The van der Waals surface area contributed by atoms with Gasteiger partial charge >= 0.3 is 0 Å². The van der Waals surface area contributed by atoms with Gasteiger partial charge in [-0.15, -0.1) is 0 Å². The summed E-state index contributed by atoms with van der Waals surface area (Å²) < 4.78 is 2.56. The number of carbonyl (C=O) groups is 1. The van der Waals surface area contributed by atoms with E-state index in [1.54, 1.807) is 10.9 Å². The summed E-state index contributed by atoms with van der Waals surface area (Å²) in [5.41, 5.74) is 0.973. The van der Waals surface area contributed by atoms with Crippen molar-refractivity contribution in [2.75, 3.05) is 0 Å². The molecule has 0 N–H and O–H groups in total. The Morgan fingerprint density at radius 1 is 1.50 bits per heavy atom. The van der Waals surface area contributed by atoms with E-state index in [2.05, 4.69) is 48.7 Å². The molecule has 1 aromatic rings. The van der Waals surface area contributed by atoms with Crippen LogP contribution in [0.3, 0.4) is 0 Å². The minimum absolute atomic E-state index is 0.179. The van der Waals surface area contributed by atoms with Crippen LogP contribution in [0.4, 0.5) is 0 Å². The molecule has 1 aromatic heterocycles. The highest BCUT2D eigenvalue weighted by Gasteiger charge is 2.22. The molecule has 0 saturated carbocycles. The Bertz CT molecular complexity index is 418. The number of hydrogen-bond donors (Lipinski definition) is 0.